The summed E-state index contributed by atoms with van der Waals surface area (Å²) in [7, 11) is 0. The van der Waals surface area contributed by atoms with Gasteiger partial charge in [0, 0.05) is 31.7 Å². The van der Waals surface area contributed by atoms with Crippen LogP contribution < -0.4 is 5.73 Å². The summed E-state index contributed by atoms with van der Waals surface area (Å²) in [4.78, 5) is 5.30. The molecular formula is C16H31N3O. The van der Waals surface area contributed by atoms with Crippen molar-refractivity contribution in [3.63, 3.8) is 0 Å². The van der Waals surface area contributed by atoms with E-state index < -0.39 is 0 Å². The maximum atomic E-state index is 6.22. The zero-order valence-corrected chi connectivity index (χ0v) is 12.8. The highest BCUT2D eigenvalue weighted by molar-refractivity contribution is 4.82. The van der Waals surface area contributed by atoms with Crippen molar-refractivity contribution in [2.75, 3.05) is 52.5 Å². The fourth-order valence-corrected chi connectivity index (χ4v) is 4.02. The molecule has 0 aromatic heterocycles. The largest absolute Gasteiger partial charge is 0.381 e. The Morgan fingerprint density at radius 3 is 2.30 bits per heavy atom. The lowest BCUT2D eigenvalue weighted by molar-refractivity contribution is 0.0198. The van der Waals surface area contributed by atoms with Crippen LogP contribution in [0.25, 0.3) is 0 Å². The molecule has 116 valence electrons. The number of nitrogens with zero attached hydrogens (tertiary/aromatic N) is 2. The fourth-order valence-electron chi connectivity index (χ4n) is 4.02. The van der Waals surface area contributed by atoms with E-state index in [1.54, 1.807) is 0 Å². The Labute approximate surface area is 123 Å². The van der Waals surface area contributed by atoms with Crippen molar-refractivity contribution in [3.05, 3.63) is 0 Å². The molecule has 3 saturated heterocycles. The van der Waals surface area contributed by atoms with Crippen LogP contribution in [-0.2, 0) is 4.74 Å². The molecule has 0 aliphatic carbocycles. The molecular weight excluding hydrogens is 250 g/mol. The molecule has 3 fully saturated rings. The minimum absolute atomic E-state index is 0.353. The number of hydrogen-bond acceptors (Lipinski definition) is 4. The number of hydrogen-bond donors (Lipinski definition) is 1. The predicted octanol–water partition coefficient (Wildman–Crippen LogP) is 1.16. The standard InChI is InChI=1S/C16H31N3O/c17-16-5-10-20-13-15(16)12-19-8-3-14(4-9-19)11-18-6-1-2-7-18/h14-16H,1-13,17H2. The van der Waals surface area contributed by atoms with Crippen LogP contribution in [0.5, 0.6) is 0 Å². The molecule has 3 rings (SSSR count). The van der Waals surface area contributed by atoms with Gasteiger partial charge in [-0.1, -0.05) is 0 Å². The molecule has 0 aromatic rings. The van der Waals surface area contributed by atoms with E-state index >= 15 is 0 Å². The van der Waals surface area contributed by atoms with Crippen molar-refractivity contribution in [2.24, 2.45) is 17.6 Å². The first kappa shape index (κ1) is 14.8. The first-order chi connectivity index (χ1) is 9.81. The van der Waals surface area contributed by atoms with E-state index in [0.717, 1.165) is 32.1 Å². The SMILES string of the molecule is NC1CCOCC1CN1CCC(CN2CCCC2)CC1. The van der Waals surface area contributed by atoms with Gasteiger partial charge in [0.25, 0.3) is 0 Å². The fraction of sp³-hybridized carbons (Fsp3) is 1.00. The predicted molar refractivity (Wildman–Crippen MR) is 81.7 cm³/mol. The summed E-state index contributed by atoms with van der Waals surface area (Å²) in [5.41, 5.74) is 6.22. The summed E-state index contributed by atoms with van der Waals surface area (Å²) in [6.45, 7) is 9.44. The Hall–Kier alpha value is -0.160. The van der Waals surface area contributed by atoms with Gasteiger partial charge in [0.1, 0.15) is 0 Å². The van der Waals surface area contributed by atoms with Crippen molar-refractivity contribution in [2.45, 2.75) is 38.1 Å². The molecule has 3 aliphatic heterocycles. The second-order valence-corrected chi connectivity index (χ2v) is 7.04. The Morgan fingerprint density at radius 1 is 0.900 bits per heavy atom. The van der Waals surface area contributed by atoms with E-state index in [0.29, 0.717) is 12.0 Å². The molecule has 4 heteroatoms. The molecule has 3 heterocycles. The molecule has 2 N–H and O–H groups in total. The van der Waals surface area contributed by atoms with Gasteiger partial charge in [0.15, 0.2) is 0 Å². The summed E-state index contributed by atoms with van der Waals surface area (Å²) in [5, 5.41) is 0. The van der Waals surface area contributed by atoms with Gasteiger partial charge in [0.2, 0.25) is 0 Å². The highest BCUT2D eigenvalue weighted by atomic mass is 16.5. The zero-order valence-electron chi connectivity index (χ0n) is 12.8. The maximum Gasteiger partial charge on any atom is 0.0521 e. The Balaban J connectivity index is 1.37. The van der Waals surface area contributed by atoms with Crippen LogP contribution >= 0.6 is 0 Å². The molecule has 4 nitrogen and oxygen atoms in total. The molecule has 0 amide bonds. The average molecular weight is 281 g/mol. The molecule has 0 spiro atoms. The van der Waals surface area contributed by atoms with E-state index in [1.165, 1.54) is 58.4 Å². The first-order valence-corrected chi connectivity index (χ1v) is 8.59. The van der Waals surface area contributed by atoms with Crippen molar-refractivity contribution in [1.82, 2.24) is 9.80 Å². The van der Waals surface area contributed by atoms with Crippen LogP contribution in [0.2, 0.25) is 0 Å². The topological polar surface area (TPSA) is 41.7 Å². The highest BCUT2D eigenvalue weighted by Gasteiger charge is 2.28. The Kier molecular flexibility index (Phi) is 5.32. The number of likely N-dealkylation sites (tertiary alicyclic amines) is 2. The molecule has 0 saturated carbocycles. The van der Waals surface area contributed by atoms with Gasteiger partial charge >= 0.3 is 0 Å². The van der Waals surface area contributed by atoms with Crippen LogP contribution in [0.3, 0.4) is 0 Å². The number of ether oxygens (including phenoxy) is 1. The third-order valence-electron chi connectivity index (χ3n) is 5.45. The molecule has 2 atom stereocenters. The van der Waals surface area contributed by atoms with Gasteiger partial charge in [-0.05, 0) is 64.2 Å². The number of piperidine rings is 1. The summed E-state index contributed by atoms with van der Waals surface area (Å²) < 4.78 is 5.59. The van der Waals surface area contributed by atoms with Gasteiger partial charge in [-0.3, -0.25) is 0 Å². The lowest BCUT2D eigenvalue weighted by Crippen LogP contribution is -2.47. The second kappa shape index (κ2) is 7.21. The van der Waals surface area contributed by atoms with E-state index in [4.69, 9.17) is 10.5 Å². The highest BCUT2D eigenvalue weighted by Crippen LogP contribution is 2.22. The van der Waals surface area contributed by atoms with Crippen LogP contribution in [0.1, 0.15) is 32.1 Å². The van der Waals surface area contributed by atoms with E-state index in [9.17, 15) is 0 Å². The van der Waals surface area contributed by atoms with Crippen molar-refractivity contribution < 1.29 is 4.74 Å². The van der Waals surface area contributed by atoms with E-state index in [-0.39, 0.29) is 0 Å². The van der Waals surface area contributed by atoms with Gasteiger partial charge in [-0.25, -0.2) is 0 Å². The number of rotatable bonds is 4. The zero-order chi connectivity index (χ0) is 13.8. The molecule has 3 aliphatic rings. The maximum absolute atomic E-state index is 6.22. The number of nitrogens with two attached hydrogens (primary N) is 1. The summed E-state index contributed by atoms with van der Waals surface area (Å²) >= 11 is 0. The molecule has 0 bridgehead atoms. The molecule has 20 heavy (non-hydrogen) atoms. The second-order valence-electron chi connectivity index (χ2n) is 7.04. The third kappa shape index (κ3) is 3.94. The minimum Gasteiger partial charge on any atom is -0.381 e. The van der Waals surface area contributed by atoms with Gasteiger partial charge in [-0.15, -0.1) is 0 Å². The lowest BCUT2D eigenvalue weighted by Gasteiger charge is -2.38. The molecule has 0 radical (unpaired) electrons. The summed E-state index contributed by atoms with van der Waals surface area (Å²) in [5.74, 6) is 1.49. The van der Waals surface area contributed by atoms with E-state index in [2.05, 4.69) is 9.80 Å². The minimum atomic E-state index is 0.353. The van der Waals surface area contributed by atoms with Crippen molar-refractivity contribution in [1.29, 1.82) is 0 Å². The van der Waals surface area contributed by atoms with Crippen LogP contribution in [0.15, 0.2) is 0 Å². The van der Waals surface area contributed by atoms with Crippen molar-refractivity contribution in [3.8, 4) is 0 Å². The Morgan fingerprint density at radius 2 is 1.60 bits per heavy atom. The smallest absolute Gasteiger partial charge is 0.0521 e. The van der Waals surface area contributed by atoms with Gasteiger partial charge in [0.05, 0.1) is 6.61 Å². The van der Waals surface area contributed by atoms with Crippen molar-refractivity contribution >= 4 is 0 Å². The average Bonchev–Trinajstić information content (AvgIpc) is 2.96. The monoisotopic (exact) mass is 281 g/mol. The quantitative estimate of drug-likeness (QED) is 0.839. The van der Waals surface area contributed by atoms with Crippen LogP contribution in [-0.4, -0.2) is 68.3 Å². The lowest BCUT2D eigenvalue weighted by atomic mass is 9.92. The van der Waals surface area contributed by atoms with Gasteiger partial charge in [-0.2, -0.15) is 0 Å². The van der Waals surface area contributed by atoms with Crippen LogP contribution in [0.4, 0.5) is 0 Å². The van der Waals surface area contributed by atoms with Gasteiger partial charge < -0.3 is 20.3 Å². The first-order valence-electron chi connectivity index (χ1n) is 8.59. The normalized spacial score (nSPS) is 34.6. The summed E-state index contributed by atoms with van der Waals surface area (Å²) in [6, 6.07) is 0.353. The third-order valence-corrected chi connectivity index (χ3v) is 5.45. The van der Waals surface area contributed by atoms with E-state index in [1.807, 2.05) is 0 Å². The molecule has 0 aromatic carbocycles. The Bertz CT molecular complexity index is 285. The summed E-state index contributed by atoms with van der Waals surface area (Å²) in [6.07, 6.45) is 6.62. The molecule has 2 unspecified atom stereocenters. The van der Waals surface area contributed by atoms with Crippen LogP contribution in [0, 0.1) is 11.8 Å².